The fourth-order valence-electron chi connectivity index (χ4n) is 2.75. The highest BCUT2D eigenvalue weighted by atomic mass is 32.2. The molecule has 1 aliphatic heterocycles. The Balaban J connectivity index is 2.00. The Kier molecular flexibility index (Phi) is 6.12. The van der Waals surface area contributed by atoms with Gasteiger partial charge in [0.15, 0.2) is 0 Å². The van der Waals surface area contributed by atoms with E-state index in [0.717, 1.165) is 25.0 Å². The molecular formula is C16H23FN2O3S. The molecule has 1 aromatic carbocycles. The third-order valence-corrected chi connectivity index (χ3v) is 5.97. The second kappa shape index (κ2) is 7.88. The van der Waals surface area contributed by atoms with Gasteiger partial charge in [0.05, 0.1) is 4.90 Å². The monoisotopic (exact) mass is 342 g/mol. The molecule has 1 fully saturated rings. The molecule has 0 aliphatic carbocycles. The lowest BCUT2D eigenvalue weighted by Crippen LogP contribution is -2.40. The number of rotatable bonds is 4. The molecule has 0 bridgehead atoms. The van der Waals surface area contributed by atoms with Crippen LogP contribution in [0, 0.1) is 5.82 Å². The molecule has 0 saturated carbocycles. The van der Waals surface area contributed by atoms with E-state index in [-0.39, 0.29) is 16.8 Å². The highest BCUT2D eigenvalue weighted by Crippen LogP contribution is 2.20. The van der Waals surface area contributed by atoms with Crippen molar-refractivity contribution in [3.63, 3.8) is 0 Å². The maximum atomic E-state index is 13.0. The molecule has 7 heteroatoms. The fourth-order valence-corrected chi connectivity index (χ4v) is 4.27. The second-order valence-corrected chi connectivity index (χ2v) is 7.70. The number of nitrogens with one attached hydrogen (secondary N) is 1. The summed E-state index contributed by atoms with van der Waals surface area (Å²) in [5.74, 6) is -0.419. The van der Waals surface area contributed by atoms with Gasteiger partial charge in [-0.2, -0.15) is 4.31 Å². The molecule has 2 rings (SSSR count). The van der Waals surface area contributed by atoms with Gasteiger partial charge in [-0.1, -0.05) is 6.92 Å². The Bertz CT molecular complexity index is 621. The van der Waals surface area contributed by atoms with Crippen LogP contribution in [0.5, 0.6) is 0 Å². The summed E-state index contributed by atoms with van der Waals surface area (Å²) in [6, 6.07) is 5.04. The van der Waals surface area contributed by atoms with Crippen LogP contribution in [0.4, 0.5) is 4.39 Å². The van der Waals surface area contributed by atoms with Gasteiger partial charge in [-0.05, 0) is 49.9 Å². The summed E-state index contributed by atoms with van der Waals surface area (Å²) in [5, 5.41) is 2.98. The van der Waals surface area contributed by atoms with Gasteiger partial charge in [0.25, 0.3) is 0 Å². The molecule has 1 aromatic rings. The summed E-state index contributed by atoms with van der Waals surface area (Å²) in [4.78, 5) is 11.6. The normalized spacial score (nSPS) is 18.2. The minimum absolute atomic E-state index is 0.0337. The topological polar surface area (TPSA) is 66.5 Å². The van der Waals surface area contributed by atoms with E-state index < -0.39 is 15.8 Å². The number of nitrogens with zero attached hydrogens (tertiary/aromatic N) is 1. The zero-order valence-electron chi connectivity index (χ0n) is 13.3. The molecular weight excluding hydrogens is 319 g/mol. The summed E-state index contributed by atoms with van der Waals surface area (Å²) in [7, 11) is -3.58. The lowest BCUT2D eigenvalue weighted by molar-refractivity contribution is -0.121. The van der Waals surface area contributed by atoms with E-state index in [9.17, 15) is 17.6 Å². The molecule has 0 aromatic heterocycles. The molecule has 23 heavy (non-hydrogen) atoms. The predicted octanol–water partition coefficient (Wildman–Crippen LogP) is 2.29. The van der Waals surface area contributed by atoms with Crippen LogP contribution in [0.1, 0.15) is 39.0 Å². The predicted molar refractivity (Wildman–Crippen MR) is 85.8 cm³/mol. The van der Waals surface area contributed by atoms with Gasteiger partial charge < -0.3 is 5.32 Å². The quantitative estimate of drug-likeness (QED) is 0.913. The lowest BCUT2D eigenvalue weighted by Gasteiger charge is -2.28. The lowest BCUT2D eigenvalue weighted by atomic mass is 10.0. The van der Waals surface area contributed by atoms with E-state index in [2.05, 4.69) is 5.32 Å². The number of hydrogen-bond donors (Lipinski definition) is 1. The summed E-state index contributed by atoms with van der Waals surface area (Å²) < 4.78 is 39.6. The molecule has 1 heterocycles. The molecule has 0 radical (unpaired) electrons. The van der Waals surface area contributed by atoms with Crippen molar-refractivity contribution in [1.29, 1.82) is 0 Å². The van der Waals surface area contributed by atoms with Crippen LogP contribution >= 0.6 is 0 Å². The van der Waals surface area contributed by atoms with E-state index in [1.807, 2.05) is 6.92 Å². The van der Waals surface area contributed by atoms with Crippen molar-refractivity contribution in [1.82, 2.24) is 9.62 Å². The standard InChI is InChI=1S/C16H23FN2O3S/c1-2-16(20)18-14-5-3-11-19(12-4-6-14)23(21,22)15-9-7-13(17)8-10-15/h7-10,14H,2-6,11-12H2,1H3,(H,18,20). The SMILES string of the molecule is CCC(=O)NC1CCCN(S(=O)(=O)c2ccc(F)cc2)CCC1. The van der Waals surface area contributed by atoms with Crippen LogP contribution in [0.15, 0.2) is 29.2 Å². The molecule has 1 N–H and O–H groups in total. The smallest absolute Gasteiger partial charge is 0.243 e. The minimum atomic E-state index is -3.58. The summed E-state index contributed by atoms with van der Waals surface area (Å²) in [6.07, 6.45) is 3.37. The first-order valence-electron chi connectivity index (χ1n) is 7.98. The van der Waals surface area contributed by atoms with Crippen molar-refractivity contribution in [2.24, 2.45) is 0 Å². The number of benzene rings is 1. The molecule has 0 unspecified atom stereocenters. The molecule has 5 nitrogen and oxygen atoms in total. The van der Waals surface area contributed by atoms with Crippen LogP contribution in [0.3, 0.4) is 0 Å². The largest absolute Gasteiger partial charge is 0.353 e. The highest BCUT2D eigenvalue weighted by Gasteiger charge is 2.26. The van der Waals surface area contributed by atoms with Gasteiger partial charge in [-0.3, -0.25) is 4.79 Å². The van der Waals surface area contributed by atoms with Crippen molar-refractivity contribution in [2.45, 2.75) is 50.0 Å². The van der Waals surface area contributed by atoms with E-state index in [4.69, 9.17) is 0 Å². The summed E-state index contributed by atoms with van der Waals surface area (Å²) in [5.41, 5.74) is 0. The first kappa shape index (κ1) is 17.9. The number of carbonyl (C=O) groups excluding carboxylic acids is 1. The van der Waals surface area contributed by atoms with Crippen LogP contribution in [0.25, 0.3) is 0 Å². The van der Waals surface area contributed by atoms with E-state index in [1.165, 1.54) is 16.4 Å². The fraction of sp³-hybridized carbons (Fsp3) is 0.562. The molecule has 1 saturated heterocycles. The average Bonchev–Trinajstić information content (AvgIpc) is 2.49. The number of amides is 1. The van der Waals surface area contributed by atoms with Gasteiger partial charge in [-0.15, -0.1) is 0 Å². The van der Waals surface area contributed by atoms with Gasteiger partial charge >= 0.3 is 0 Å². The molecule has 0 atom stereocenters. The maximum Gasteiger partial charge on any atom is 0.243 e. The average molecular weight is 342 g/mol. The third-order valence-electron chi connectivity index (χ3n) is 4.06. The second-order valence-electron chi connectivity index (χ2n) is 5.76. The van der Waals surface area contributed by atoms with E-state index in [0.29, 0.717) is 32.4 Å². The molecule has 128 valence electrons. The van der Waals surface area contributed by atoms with E-state index >= 15 is 0 Å². The summed E-state index contributed by atoms with van der Waals surface area (Å²) >= 11 is 0. The Morgan fingerprint density at radius 3 is 2.30 bits per heavy atom. The Labute approximate surface area is 136 Å². The number of hydrogen-bond acceptors (Lipinski definition) is 3. The van der Waals surface area contributed by atoms with Crippen LogP contribution in [0.2, 0.25) is 0 Å². The molecule has 1 amide bonds. The number of carbonyl (C=O) groups is 1. The van der Waals surface area contributed by atoms with Crippen molar-refractivity contribution in [3.05, 3.63) is 30.1 Å². The molecule has 1 aliphatic rings. The Hall–Kier alpha value is -1.47. The third kappa shape index (κ3) is 4.75. The first-order chi connectivity index (χ1) is 10.9. The van der Waals surface area contributed by atoms with Crippen LogP contribution in [-0.2, 0) is 14.8 Å². The van der Waals surface area contributed by atoms with Gasteiger partial charge in [0.2, 0.25) is 15.9 Å². The Morgan fingerprint density at radius 1 is 1.22 bits per heavy atom. The van der Waals surface area contributed by atoms with Crippen LogP contribution in [-0.4, -0.2) is 37.8 Å². The highest BCUT2D eigenvalue weighted by molar-refractivity contribution is 7.89. The van der Waals surface area contributed by atoms with Crippen LogP contribution < -0.4 is 5.32 Å². The Morgan fingerprint density at radius 2 is 1.78 bits per heavy atom. The van der Waals surface area contributed by atoms with Gasteiger partial charge in [0.1, 0.15) is 5.82 Å². The number of halogens is 1. The zero-order valence-corrected chi connectivity index (χ0v) is 14.1. The zero-order chi connectivity index (χ0) is 16.9. The van der Waals surface area contributed by atoms with Crippen molar-refractivity contribution in [3.8, 4) is 0 Å². The van der Waals surface area contributed by atoms with Gasteiger partial charge in [0, 0.05) is 25.6 Å². The molecule has 0 spiro atoms. The number of sulfonamides is 1. The van der Waals surface area contributed by atoms with Crippen molar-refractivity contribution < 1.29 is 17.6 Å². The summed E-state index contributed by atoms with van der Waals surface area (Å²) in [6.45, 7) is 2.64. The maximum absolute atomic E-state index is 13.0. The first-order valence-corrected chi connectivity index (χ1v) is 9.42. The minimum Gasteiger partial charge on any atom is -0.353 e. The van der Waals surface area contributed by atoms with Crippen molar-refractivity contribution >= 4 is 15.9 Å². The van der Waals surface area contributed by atoms with Gasteiger partial charge in [-0.25, -0.2) is 12.8 Å². The van der Waals surface area contributed by atoms with E-state index in [1.54, 1.807) is 0 Å². The van der Waals surface area contributed by atoms with Crippen molar-refractivity contribution in [2.75, 3.05) is 13.1 Å².